The monoisotopic (exact) mass is 388 g/mol. The van der Waals surface area contributed by atoms with Gasteiger partial charge in [0.2, 0.25) is 5.91 Å². The quantitative estimate of drug-likeness (QED) is 0.774. The van der Waals surface area contributed by atoms with E-state index < -0.39 is 32.6 Å². The van der Waals surface area contributed by atoms with Gasteiger partial charge in [0.05, 0.1) is 6.04 Å². The van der Waals surface area contributed by atoms with Crippen molar-refractivity contribution in [2.45, 2.75) is 36.7 Å². The average molecular weight is 389 g/mol. The molecule has 0 saturated carbocycles. The number of ether oxygens (including phenoxy) is 1. The van der Waals surface area contributed by atoms with Crippen molar-refractivity contribution in [3.05, 3.63) is 34.9 Å². The lowest BCUT2D eigenvalue weighted by Gasteiger charge is -2.36. The minimum Gasteiger partial charge on any atom is -0.375 e. The van der Waals surface area contributed by atoms with Gasteiger partial charge in [-0.3, -0.25) is 4.79 Å². The number of carbonyl (C=O) groups excluding carboxylic acids is 1. The lowest BCUT2D eigenvalue weighted by Crippen LogP contribution is -2.59. The number of hydrogen-bond acceptors (Lipinski definition) is 5. The molecule has 0 bridgehead atoms. The Kier molecular flexibility index (Phi) is 6.48. The van der Waals surface area contributed by atoms with Crippen molar-refractivity contribution in [3.63, 3.8) is 0 Å². The summed E-state index contributed by atoms with van der Waals surface area (Å²) in [5, 5.41) is 6.57. The van der Waals surface area contributed by atoms with Gasteiger partial charge >= 0.3 is 0 Å². The first-order chi connectivity index (χ1) is 11.7. The summed E-state index contributed by atoms with van der Waals surface area (Å²) in [6.45, 7) is 2.80. The van der Waals surface area contributed by atoms with Crippen molar-refractivity contribution in [1.29, 1.82) is 0 Å². The van der Waals surface area contributed by atoms with E-state index in [-0.39, 0.29) is 12.8 Å². The van der Waals surface area contributed by atoms with Crippen LogP contribution >= 0.6 is 11.6 Å². The Labute approximate surface area is 154 Å². The Morgan fingerprint density at radius 2 is 1.84 bits per heavy atom. The molecule has 25 heavy (non-hydrogen) atoms. The molecule has 1 aliphatic heterocycles. The molecular formula is C17H25ClN2O4S. The fourth-order valence-corrected chi connectivity index (χ4v) is 4.76. The van der Waals surface area contributed by atoms with Gasteiger partial charge in [-0.05, 0) is 50.6 Å². The summed E-state index contributed by atoms with van der Waals surface area (Å²) < 4.78 is 28.8. The topological polar surface area (TPSA) is 84.5 Å². The number of nitrogens with one attached hydrogen (secondary N) is 2. The van der Waals surface area contributed by atoms with E-state index in [1.807, 2.05) is 12.1 Å². The van der Waals surface area contributed by atoms with E-state index in [0.29, 0.717) is 18.1 Å². The molecule has 140 valence electrons. The first-order valence-corrected chi connectivity index (χ1v) is 10.5. The van der Waals surface area contributed by atoms with Crippen LogP contribution < -0.4 is 10.6 Å². The molecule has 8 heteroatoms. The van der Waals surface area contributed by atoms with Crippen LogP contribution in [0.3, 0.4) is 0 Å². The first kappa shape index (κ1) is 20.2. The number of sulfone groups is 1. The molecule has 2 atom stereocenters. The molecule has 2 unspecified atom stereocenters. The maximum absolute atomic E-state index is 12.9. The highest BCUT2D eigenvalue weighted by Gasteiger charge is 2.49. The van der Waals surface area contributed by atoms with Gasteiger partial charge in [-0.15, -0.1) is 0 Å². The highest BCUT2D eigenvalue weighted by molar-refractivity contribution is 7.92. The van der Waals surface area contributed by atoms with Crippen LogP contribution in [0.15, 0.2) is 24.3 Å². The lowest BCUT2D eigenvalue weighted by atomic mass is 9.94. The van der Waals surface area contributed by atoms with Crippen LogP contribution in [-0.4, -0.2) is 51.6 Å². The van der Waals surface area contributed by atoms with E-state index in [4.69, 9.17) is 16.3 Å². The SMILES string of the molecule is COC(c1ccc(Cl)cc1)C(C)NC(=O)C1(S(C)(=O)=O)CCNCC1. The molecule has 2 rings (SSSR count). The second kappa shape index (κ2) is 8.03. The molecule has 1 saturated heterocycles. The third-order valence-corrected chi connectivity index (χ3v) is 7.07. The second-order valence-corrected chi connectivity index (χ2v) is 9.25. The predicted molar refractivity (Wildman–Crippen MR) is 98.5 cm³/mol. The summed E-state index contributed by atoms with van der Waals surface area (Å²) in [6.07, 6.45) is 1.26. The zero-order chi connectivity index (χ0) is 18.7. The van der Waals surface area contributed by atoms with E-state index in [0.717, 1.165) is 11.8 Å². The van der Waals surface area contributed by atoms with Gasteiger partial charge in [0, 0.05) is 18.4 Å². The van der Waals surface area contributed by atoms with Gasteiger partial charge in [0.25, 0.3) is 0 Å². The fraction of sp³-hybridized carbons (Fsp3) is 0.588. The van der Waals surface area contributed by atoms with Crippen LogP contribution in [0.5, 0.6) is 0 Å². The molecule has 2 N–H and O–H groups in total. The second-order valence-electron chi connectivity index (χ2n) is 6.49. The van der Waals surface area contributed by atoms with Gasteiger partial charge in [-0.1, -0.05) is 23.7 Å². The summed E-state index contributed by atoms with van der Waals surface area (Å²) in [6, 6.07) is 6.77. The summed E-state index contributed by atoms with van der Waals surface area (Å²) in [5.74, 6) is -0.458. The molecule has 0 radical (unpaired) electrons. The highest BCUT2D eigenvalue weighted by Crippen LogP contribution is 2.29. The fourth-order valence-electron chi connectivity index (χ4n) is 3.29. The molecule has 1 aliphatic rings. The molecular weight excluding hydrogens is 364 g/mol. The van der Waals surface area contributed by atoms with Gasteiger partial charge in [-0.2, -0.15) is 0 Å². The molecule has 1 fully saturated rings. The van der Waals surface area contributed by atoms with Crippen molar-refractivity contribution in [1.82, 2.24) is 10.6 Å². The maximum atomic E-state index is 12.9. The summed E-state index contributed by atoms with van der Waals surface area (Å²) in [4.78, 5) is 12.9. The van der Waals surface area contributed by atoms with E-state index in [1.165, 1.54) is 0 Å². The summed E-state index contributed by atoms with van der Waals surface area (Å²) in [5.41, 5.74) is 0.860. The smallest absolute Gasteiger partial charge is 0.241 e. The number of benzene rings is 1. The molecule has 0 aliphatic carbocycles. The largest absolute Gasteiger partial charge is 0.375 e. The number of halogens is 1. The maximum Gasteiger partial charge on any atom is 0.241 e. The average Bonchev–Trinajstić information content (AvgIpc) is 2.56. The zero-order valence-electron chi connectivity index (χ0n) is 14.7. The summed E-state index contributed by atoms with van der Waals surface area (Å²) in [7, 11) is -1.99. The summed E-state index contributed by atoms with van der Waals surface area (Å²) >= 11 is 5.91. The van der Waals surface area contributed by atoms with Crippen LogP contribution in [0.1, 0.15) is 31.4 Å². The third kappa shape index (κ3) is 4.34. The molecule has 1 heterocycles. The van der Waals surface area contributed by atoms with Crippen molar-refractivity contribution in [3.8, 4) is 0 Å². The number of methoxy groups -OCH3 is 1. The number of carbonyl (C=O) groups is 1. The molecule has 0 spiro atoms. The Morgan fingerprint density at radius 1 is 1.28 bits per heavy atom. The lowest BCUT2D eigenvalue weighted by molar-refractivity contribution is -0.126. The van der Waals surface area contributed by atoms with Crippen LogP contribution in [0.2, 0.25) is 5.02 Å². The van der Waals surface area contributed by atoms with Crippen LogP contribution in [0.4, 0.5) is 0 Å². The number of hydrogen-bond donors (Lipinski definition) is 2. The number of piperidine rings is 1. The van der Waals surface area contributed by atoms with E-state index in [1.54, 1.807) is 26.2 Å². The van der Waals surface area contributed by atoms with Crippen LogP contribution in [0, 0.1) is 0 Å². The van der Waals surface area contributed by atoms with Crippen LogP contribution in [-0.2, 0) is 19.4 Å². The van der Waals surface area contributed by atoms with Gasteiger partial charge < -0.3 is 15.4 Å². The Hall–Kier alpha value is -1.15. The zero-order valence-corrected chi connectivity index (χ0v) is 16.3. The first-order valence-electron chi connectivity index (χ1n) is 8.21. The Balaban J connectivity index is 2.20. The van der Waals surface area contributed by atoms with Crippen molar-refractivity contribution in [2.75, 3.05) is 26.5 Å². The van der Waals surface area contributed by atoms with Crippen LogP contribution in [0.25, 0.3) is 0 Å². The van der Waals surface area contributed by atoms with Gasteiger partial charge in [-0.25, -0.2) is 8.42 Å². The van der Waals surface area contributed by atoms with Gasteiger partial charge in [0.15, 0.2) is 14.6 Å². The minimum atomic E-state index is -3.55. The minimum absolute atomic E-state index is 0.267. The normalized spacial score (nSPS) is 19.8. The molecule has 1 aromatic carbocycles. The van der Waals surface area contributed by atoms with E-state index in [9.17, 15) is 13.2 Å². The number of rotatable bonds is 6. The standard InChI is InChI=1S/C17H25ClN2O4S/c1-12(15(24-2)13-4-6-14(18)7-5-13)20-16(21)17(25(3,22)23)8-10-19-11-9-17/h4-7,12,15,19H,8-11H2,1-3H3,(H,20,21). The number of amides is 1. The van der Waals surface area contributed by atoms with Crippen molar-refractivity contribution in [2.24, 2.45) is 0 Å². The predicted octanol–water partition coefficient (Wildman–Crippen LogP) is 1.70. The Morgan fingerprint density at radius 3 is 2.32 bits per heavy atom. The van der Waals surface area contributed by atoms with Crippen molar-refractivity contribution >= 4 is 27.3 Å². The third-order valence-electron chi connectivity index (χ3n) is 4.80. The molecule has 0 aromatic heterocycles. The van der Waals surface area contributed by atoms with E-state index in [2.05, 4.69) is 10.6 Å². The Bertz CT molecular complexity index is 700. The molecule has 1 aromatic rings. The van der Waals surface area contributed by atoms with Crippen molar-refractivity contribution < 1.29 is 17.9 Å². The highest BCUT2D eigenvalue weighted by atomic mass is 35.5. The molecule has 6 nitrogen and oxygen atoms in total. The van der Waals surface area contributed by atoms with E-state index >= 15 is 0 Å². The van der Waals surface area contributed by atoms with Gasteiger partial charge in [0.1, 0.15) is 6.10 Å². The molecule has 1 amide bonds.